The van der Waals surface area contributed by atoms with Crippen LogP contribution < -0.4 is 5.56 Å². The van der Waals surface area contributed by atoms with E-state index in [2.05, 4.69) is 26.0 Å². The monoisotopic (exact) mass is 485 g/mol. The first kappa shape index (κ1) is 20.4. The van der Waals surface area contributed by atoms with Gasteiger partial charge >= 0.3 is 0 Å². The van der Waals surface area contributed by atoms with Crippen LogP contribution in [0.3, 0.4) is 0 Å². The number of carbonyl (C=O) groups excluding carboxylic acids is 1. The first-order valence-corrected chi connectivity index (χ1v) is 11.2. The van der Waals surface area contributed by atoms with Crippen molar-refractivity contribution in [3.8, 4) is 11.1 Å². The Morgan fingerprint density at radius 2 is 1.69 bits per heavy atom. The van der Waals surface area contributed by atoms with Crippen LogP contribution in [0.5, 0.6) is 0 Å². The van der Waals surface area contributed by atoms with Gasteiger partial charge < -0.3 is 4.98 Å². The molecule has 4 aromatic rings. The van der Waals surface area contributed by atoms with Crippen molar-refractivity contribution in [2.45, 2.75) is 19.4 Å². The van der Waals surface area contributed by atoms with Crippen LogP contribution >= 0.6 is 15.9 Å². The highest BCUT2D eigenvalue weighted by Crippen LogP contribution is 2.37. The van der Waals surface area contributed by atoms with Gasteiger partial charge in [-0.05, 0) is 29.3 Å². The quantitative estimate of drug-likeness (QED) is 0.407. The molecule has 0 fully saturated rings. The zero-order valence-electron chi connectivity index (χ0n) is 17.4. The van der Waals surface area contributed by atoms with E-state index < -0.39 is 0 Å². The van der Waals surface area contributed by atoms with Gasteiger partial charge in [0, 0.05) is 34.3 Å². The highest BCUT2D eigenvalue weighted by Gasteiger charge is 2.33. The van der Waals surface area contributed by atoms with E-state index >= 15 is 0 Å². The van der Waals surface area contributed by atoms with Crippen molar-refractivity contribution in [2.24, 2.45) is 5.10 Å². The van der Waals surface area contributed by atoms with Crippen molar-refractivity contribution in [2.75, 3.05) is 0 Å². The largest absolute Gasteiger partial charge is 0.321 e. The van der Waals surface area contributed by atoms with Gasteiger partial charge in [0.2, 0.25) is 5.91 Å². The van der Waals surface area contributed by atoms with Gasteiger partial charge in [0.05, 0.1) is 17.3 Å². The highest BCUT2D eigenvalue weighted by atomic mass is 79.9. The second-order valence-corrected chi connectivity index (χ2v) is 8.72. The maximum absolute atomic E-state index is 13.4. The summed E-state index contributed by atoms with van der Waals surface area (Å²) in [5, 5.41) is 7.07. The van der Waals surface area contributed by atoms with Crippen LogP contribution in [-0.4, -0.2) is 21.6 Å². The Hall–Kier alpha value is -3.51. The van der Waals surface area contributed by atoms with Crippen molar-refractivity contribution in [1.82, 2.24) is 9.99 Å². The number of benzene rings is 3. The predicted molar refractivity (Wildman–Crippen MR) is 131 cm³/mol. The number of aromatic amines is 1. The highest BCUT2D eigenvalue weighted by molar-refractivity contribution is 9.10. The van der Waals surface area contributed by atoms with Crippen molar-refractivity contribution in [3.05, 3.63) is 105 Å². The third-order valence-corrected chi connectivity index (χ3v) is 6.24. The first-order valence-electron chi connectivity index (χ1n) is 10.4. The third kappa shape index (κ3) is 3.56. The lowest BCUT2D eigenvalue weighted by molar-refractivity contribution is -0.130. The van der Waals surface area contributed by atoms with Crippen molar-refractivity contribution in [1.29, 1.82) is 0 Å². The number of nitrogens with zero attached hydrogens (tertiary/aromatic N) is 2. The molecule has 32 heavy (non-hydrogen) atoms. The van der Waals surface area contributed by atoms with E-state index in [1.54, 1.807) is 0 Å². The van der Waals surface area contributed by atoms with E-state index in [0.717, 1.165) is 32.1 Å². The van der Waals surface area contributed by atoms with Crippen LogP contribution in [0.15, 0.2) is 93.2 Å². The Balaban J connectivity index is 1.76. The summed E-state index contributed by atoms with van der Waals surface area (Å²) >= 11 is 3.56. The molecular weight excluding hydrogens is 466 g/mol. The Bertz CT molecular complexity index is 1410. The number of carbonyl (C=O) groups is 1. The number of pyridine rings is 1. The number of amides is 1. The number of aromatic nitrogens is 1. The first-order chi connectivity index (χ1) is 15.5. The minimum Gasteiger partial charge on any atom is -0.321 e. The summed E-state index contributed by atoms with van der Waals surface area (Å²) in [4.78, 5) is 28.8. The second-order valence-electron chi connectivity index (χ2n) is 7.80. The summed E-state index contributed by atoms with van der Waals surface area (Å²) in [5.74, 6) is -0.157. The van der Waals surface area contributed by atoms with Crippen LogP contribution in [0, 0.1) is 0 Å². The minimum absolute atomic E-state index is 0.157. The Morgan fingerprint density at radius 3 is 2.38 bits per heavy atom. The zero-order chi connectivity index (χ0) is 22.2. The van der Waals surface area contributed by atoms with E-state index in [0.29, 0.717) is 17.7 Å². The Morgan fingerprint density at radius 1 is 1.00 bits per heavy atom. The predicted octanol–water partition coefficient (Wildman–Crippen LogP) is 5.66. The van der Waals surface area contributed by atoms with Gasteiger partial charge in [0.25, 0.3) is 5.56 Å². The van der Waals surface area contributed by atoms with Crippen molar-refractivity contribution < 1.29 is 4.79 Å². The van der Waals surface area contributed by atoms with Gasteiger partial charge in [0.15, 0.2) is 0 Å². The number of hydrogen-bond donors (Lipinski definition) is 1. The van der Waals surface area contributed by atoms with E-state index in [4.69, 9.17) is 0 Å². The normalized spacial score (nSPS) is 15.8. The van der Waals surface area contributed by atoms with Gasteiger partial charge in [-0.25, -0.2) is 5.01 Å². The van der Waals surface area contributed by atoms with Crippen LogP contribution in [0.1, 0.15) is 30.5 Å². The van der Waals surface area contributed by atoms with Crippen LogP contribution in [0.4, 0.5) is 0 Å². The topological polar surface area (TPSA) is 65.5 Å². The van der Waals surface area contributed by atoms with Crippen molar-refractivity contribution in [3.63, 3.8) is 0 Å². The van der Waals surface area contributed by atoms with Crippen molar-refractivity contribution >= 4 is 38.5 Å². The number of fused-ring (bicyclic) bond motifs is 1. The molecule has 0 saturated heterocycles. The summed E-state index contributed by atoms with van der Waals surface area (Å²) in [6.07, 6.45) is 0.464. The van der Waals surface area contributed by atoms with Gasteiger partial charge in [0.1, 0.15) is 0 Å². The summed E-state index contributed by atoms with van der Waals surface area (Å²) in [7, 11) is 0. The Labute approximate surface area is 193 Å². The molecule has 1 aromatic heterocycles. The van der Waals surface area contributed by atoms with Crippen LogP contribution in [0.25, 0.3) is 22.0 Å². The molecule has 3 aromatic carbocycles. The summed E-state index contributed by atoms with van der Waals surface area (Å²) in [6, 6.07) is 25.2. The van der Waals surface area contributed by atoms with E-state index in [1.807, 2.05) is 78.9 Å². The molecule has 1 amide bonds. The molecule has 1 unspecified atom stereocenters. The smallest absolute Gasteiger partial charge is 0.258 e. The third-order valence-electron chi connectivity index (χ3n) is 5.74. The fourth-order valence-corrected chi connectivity index (χ4v) is 4.69. The van der Waals surface area contributed by atoms with E-state index in [1.165, 1.54) is 11.9 Å². The minimum atomic E-state index is -0.245. The maximum Gasteiger partial charge on any atom is 0.258 e. The standard InChI is InChI=1S/C26H20BrN3O2/c1-16(31)30-23(17-8-4-2-5-9-17)15-22(29-30)25-24(18-10-6-3-7-11-18)20-14-19(27)12-13-21(20)28-26(25)32/h2-14,23H,15H2,1H3,(H,28,32). The number of rotatable bonds is 3. The van der Waals surface area contributed by atoms with Gasteiger partial charge in [-0.3, -0.25) is 9.59 Å². The molecule has 1 atom stereocenters. The molecule has 2 heterocycles. The molecule has 0 saturated carbocycles. The van der Waals surface area contributed by atoms with E-state index in [9.17, 15) is 9.59 Å². The molecule has 0 radical (unpaired) electrons. The summed E-state index contributed by atoms with van der Waals surface area (Å²) in [6.45, 7) is 1.50. The average Bonchev–Trinajstić information content (AvgIpc) is 3.25. The van der Waals surface area contributed by atoms with Gasteiger partial charge in [-0.2, -0.15) is 5.10 Å². The fourth-order valence-electron chi connectivity index (χ4n) is 4.33. The molecule has 1 aliphatic heterocycles. The van der Waals surface area contributed by atoms with E-state index in [-0.39, 0.29) is 17.5 Å². The molecule has 158 valence electrons. The van der Waals surface area contributed by atoms with Gasteiger partial charge in [-0.15, -0.1) is 0 Å². The molecule has 1 N–H and O–H groups in total. The summed E-state index contributed by atoms with van der Waals surface area (Å²) in [5.41, 5.74) is 4.39. The molecule has 5 nitrogen and oxygen atoms in total. The second kappa shape index (κ2) is 8.20. The molecular formula is C26H20BrN3O2. The molecule has 0 spiro atoms. The maximum atomic E-state index is 13.4. The Kier molecular flexibility index (Phi) is 5.23. The number of halogens is 1. The average molecular weight is 486 g/mol. The number of H-pyrrole nitrogens is 1. The number of hydrazone groups is 1. The molecule has 6 heteroatoms. The SMILES string of the molecule is CC(=O)N1N=C(c2c(-c3ccccc3)c3cc(Br)ccc3[nH]c2=O)CC1c1ccccc1. The fraction of sp³-hybridized carbons (Fsp3) is 0.115. The van der Waals surface area contributed by atoms with Gasteiger partial charge in [-0.1, -0.05) is 76.6 Å². The summed E-state index contributed by atoms with van der Waals surface area (Å²) < 4.78 is 0.918. The van der Waals surface area contributed by atoms with Crippen LogP contribution in [0.2, 0.25) is 0 Å². The molecule has 0 bridgehead atoms. The lowest BCUT2D eigenvalue weighted by Crippen LogP contribution is -2.24. The molecule has 1 aliphatic rings. The molecule has 0 aliphatic carbocycles. The number of hydrogen-bond acceptors (Lipinski definition) is 3. The zero-order valence-corrected chi connectivity index (χ0v) is 19.0. The number of nitrogens with one attached hydrogen (secondary N) is 1. The lowest BCUT2D eigenvalue weighted by Gasteiger charge is -2.20. The molecule has 5 rings (SSSR count). The lowest BCUT2D eigenvalue weighted by atomic mass is 9.91. The van der Waals surface area contributed by atoms with Crippen LogP contribution in [-0.2, 0) is 4.79 Å².